The average molecular weight is 593 g/mol. The molecule has 1 N–H and O–H groups in total. The lowest BCUT2D eigenvalue weighted by Gasteiger charge is -2.27. The van der Waals surface area contributed by atoms with E-state index in [1.165, 1.54) is 11.3 Å². The fraction of sp³-hybridized carbons (Fsp3) is 0.481. The number of nitrogens with zero attached hydrogens (tertiary/aromatic N) is 2. The lowest BCUT2D eigenvalue weighted by molar-refractivity contribution is 0.0930. The predicted octanol–water partition coefficient (Wildman–Crippen LogP) is 7.96. The van der Waals surface area contributed by atoms with Gasteiger partial charge in [-0.2, -0.15) is 5.10 Å². The summed E-state index contributed by atoms with van der Waals surface area (Å²) in [5.41, 5.74) is 5.16. The minimum Gasteiger partial charge on any atom is -0.350 e. The molecule has 184 valence electrons. The summed E-state index contributed by atoms with van der Waals surface area (Å²) in [5.74, 6) is 1.27. The van der Waals surface area contributed by atoms with Crippen molar-refractivity contribution in [3.8, 4) is 16.9 Å². The Morgan fingerprint density at radius 3 is 2.74 bits per heavy atom. The highest BCUT2D eigenvalue weighted by Crippen LogP contribution is 2.90. The van der Waals surface area contributed by atoms with Crippen molar-refractivity contribution in [2.75, 3.05) is 6.54 Å². The largest absolute Gasteiger partial charge is 0.350 e. The molecule has 2 aromatic heterocycles. The van der Waals surface area contributed by atoms with Gasteiger partial charge >= 0.3 is 0 Å². The van der Waals surface area contributed by atoms with Gasteiger partial charge in [0.1, 0.15) is 0 Å². The SMILES string of the molecule is CCCC(CNC(=O)c1nn(-c2ccc(Cl)cc2Cl)c2c1CCc1sc(Br)cc1-2)C12CC1C2(C)C. The fourth-order valence-corrected chi connectivity index (χ4v) is 9.01. The summed E-state index contributed by atoms with van der Waals surface area (Å²) in [6.07, 6.45) is 5.28. The number of carbonyl (C=O) groups excluding carboxylic acids is 1. The summed E-state index contributed by atoms with van der Waals surface area (Å²) in [4.78, 5) is 14.9. The molecule has 0 bridgehead atoms. The zero-order valence-corrected chi connectivity index (χ0v) is 24.0. The van der Waals surface area contributed by atoms with Gasteiger partial charge < -0.3 is 5.32 Å². The molecule has 2 saturated carbocycles. The average Bonchev–Trinajstić information content (AvgIpc) is 3.54. The van der Waals surface area contributed by atoms with Gasteiger partial charge in [0.2, 0.25) is 0 Å². The minimum atomic E-state index is -0.0870. The summed E-state index contributed by atoms with van der Waals surface area (Å²) in [7, 11) is 0. The monoisotopic (exact) mass is 591 g/mol. The molecule has 3 aromatic rings. The van der Waals surface area contributed by atoms with E-state index in [0.29, 0.717) is 39.0 Å². The van der Waals surface area contributed by atoms with Crippen molar-refractivity contribution in [1.82, 2.24) is 15.1 Å². The van der Waals surface area contributed by atoms with Crippen molar-refractivity contribution < 1.29 is 4.79 Å². The lowest BCUT2D eigenvalue weighted by atomic mass is 9.81. The van der Waals surface area contributed by atoms with Crippen LogP contribution >= 0.6 is 50.5 Å². The number of fused-ring (bicyclic) bond motifs is 4. The number of aryl methyl sites for hydroxylation is 1. The van der Waals surface area contributed by atoms with Gasteiger partial charge in [0.15, 0.2) is 5.69 Å². The summed E-state index contributed by atoms with van der Waals surface area (Å²) in [6.45, 7) is 7.72. The maximum Gasteiger partial charge on any atom is 0.272 e. The van der Waals surface area contributed by atoms with Crippen LogP contribution in [0.5, 0.6) is 0 Å². The van der Waals surface area contributed by atoms with Crippen LogP contribution in [-0.4, -0.2) is 22.2 Å². The topological polar surface area (TPSA) is 46.9 Å². The Kier molecular flexibility index (Phi) is 5.72. The molecular formula is C27H28BrCl2N3OS. The molecule has 6 rings (SSSR count). The van der Waals surface area contributed by atoms with E-state index in [1.54, 1.807) is 17.4 Å². The highest BCUT2D eigenvalue weighted by Gasteiger charge is 2.85. The molecule has 4 nitrogen and oxygen atoms in total. The number of hydrogen-bond donors (Lipinski definition) is 1. The Morgan fingerprint density at radius 2 is 2.09 bits per heavy atom. The highest BCUT2D eigenvalue weighted by atomic mass is 79.9. The van der Waals surface area contributed by atoms with Crippen molar-refractivity contribution in [3.63, 3.8) is 0 Å². The number of thiophene rings is 1. The maximum absolute atomic E-state index is 13.6. The number of carbonyl (C=O) groups is 1. The Morgan fingerprint density at radius 1 is 1.31 bits per heavy atom. The Hall–Kier alpha value is -1.34. The number of rotatable bonds is 7. The van der Waals surface area contributed by atoms with Crippen LogP contribution < -0.4 is 5.32 Å². The predicted molar refractivity (Wildman–Crippen MR) is 147 cm³/mol. The molecular weight excluding hydrogens is 565 g/mol. The van der Waals surface area contributed by atoms with Gasteiger partial charge in [-0.05, 0) is 88.5 Å². The zero-order chi connectivity index (χ0) is 24.7. The third-order valence-electron chi connectivity index (χ3n) is 8.84. The molecule has 0 aliphatic heterocycles. The number of benzene rings is 1. The summed E-state index contributed by atoms with van der Waals surface area (Å²) < 4.78 is 2.91. The molecule has 35 heavy (non-hydrogen) atoms. The van der Waals surface area contributed by atoms with Gasteiger partial charge in [0, 0.05) is 27.6 Å². The second kappa shape index (κ2) is 8.34. The van der Waals surface area contributed by atoms with Crippen LogP contribution in [0.15, 0.2) is 28.1 Å². The van der Waals surface area contributed by atoms with Crippen LogP contribution in [0.2, 0.25) is 10.0 Å². The van der Waals surface area contributed by atoms with E-state index in [1.807, 2.05) is 16.8 Å². The molecule has 0 spiro atoms. The van der Waals surface area contributed by atoms with Crippen LogP contribution in [0.4, 0.5) is 0 Å². The summed E-state index contributed by atoms with van der Waals surface area (Å²) in [5, 5.41) is 9.23. The minimum absolute atomic E-state index is 0.0870. The Balaban J connectivity index is 1.36. The number of halogens is 3. The van der Waals surface area contributed by atoms with Crippen LogP contribution in [0.1, 0.15) is 61.0 Å². The first-order valence-corrected chi connectivity index (χ1v) is 14.7. The van der Waals surface area contributed by atoms with Gasteiger partial charge in [-0.3, -0.25) is 4.79 Å². The third kappa shape index (κ3) is 3.58. The van der Waals surface area contributed by atoms with E-state index < -0.39 is 0 Å². The van der Waals surface area contributed by atoms with E-state index in [-0.39, 0.29) is 5.91 Å². The smallest absolute Gasteiger partial charge is 0.272 e. The number of aromatic nitrogens is 2. The van der Waals surface area contributed by atoms with Crippen LogP contribution in [0.25, 0.3) is 16.9 Å². The highest BCUT2D eigenvalue weighted by molar-refractivity contribution is 9.11. The molecule has 8 heteroatoms. The molecule has 2 heterocycles. The second-order valence-corrected chi connectivity index (χ2v) is 14.1. The normalized spacial score (nSPS) is 23.8. The van der Waals surface area contributed by atoms with Crippen molar-refractivity contribution in [2.45, 2.75) is 52.9 Å². The van der Waals surface area contributed by atoms with E-state index in [4.69, 9.17) is 28.3 Å². The van der Waals surface area contributed by atoms with Gasteiger partial charge in [0.05, 0.1) is 20.2 Å². The standard InChI is InChI=1S/C27H28BrCl2N3OS/c1-4-5-14(27-12-21(27)26(27,2)3)13-31-25(34)23-16-7-9-20-17(11-22(28)35-20)24(16)33(32-23)19-8-6-15(29)10-18(19)30/h6,8,10-11,14,21H,4-5,7,9,12-13H2,1-3H3,(H,31,34). The Bertz CT molecular complexity index is 1360. The van der Waals surface area contributed by atoms with Crippen molar-refractivity contribution in [2.24, 2.45) is 22.7 Å². The lowest BCUT2D eigenvalue weighted by Crippen LogP contribution is -2.34. The molecule has 3 aliphatic rings. The van der Waals surface area contributed by atoms with Crippen LogP contribution in [0.3, 0.4) is 0 Å². The van der Waals surface area contributed by atoms with E-state index in [2.05, 4.69) is 48.1 Å². The van der Waals surface area contributed by atoms with Gasteiger partial charge in [0.25, 0.3) is 5.91 Å². The van der Waals surface area contributed by atoms with Gasteiger partial charge in [-0.1, -0.05) is 50.4 Å². The van der Waals surface area contributed by atoms with Crippen molar-refractivity contribution in [1.29, 1.82) is 0 Å². The third-order valence-corrected chi connectivity index (χ3v) is 11.1. The van der Waals surface area contributed by atoms with E-state index in [0.717, 1.165) is 57.9 Å². The molecule has 3 unspecified atom stereocenters. The molecule has 2 fully saturated rings. The van der Waals surface area contributed by atoms with E-state index in [9.17, 15) is 4.79 Å². The van der Waals surface area contributed by atoms with Gasteiger partial charge in [-0.15, -0.1) is 11.3 Å². The van der Waals surface area contributed by atoms with E-state index >= 15 is 0 Å². The maximum atomic E-state index is 13.6. The summed E-state index contributed by atoms with van der Waals surface area (Å²) in [6, 6.07) is 7.52. The fourth-order valence-electron chi connectivity index (χ4n) is 6.83. The molecule has 1 aromatic carbocycles. The number of amides is 1. The molecule has 3 aliphatic carbocycles. The first kappa shape index (κ1) is 24.0. The molecule has 0 radical (unpaired) electrons. The van der Waals surface area contributed by atoms with Gasteiger partial charge in [-0.25, -0.2) is 4.68 Å². The van der Waals surface area contributed by atoms with Crippen LogP contribution in [0, 0.1) is 22.7 Å². The molecule has 3 atom stereocenters. The second-order valence-electron chi connectivity index (χ2n) is 10.8. The summed E-state index contributed by atoms with van der Waals surface area (Å²) >= 11 is 18.1. The molecule has 1 amide bonds. The Labute approximate surface area is 228 Å². The first-order valence-electron chi connectivity index (χ1n) is 12.3. The first-order chi connectivity index (χ1) is 16.7. The number of nitrogens with one attached hydrogen (secondary N) is 1. The molecule has 0 saturated heterocycles. The van der Waals surface area contributed by atoms with Crippen LogP contribution in [-0.2, 0) is 12.8 Å². The quantitative estimate of drug-likeness (QED) is 0.302. The zero-order valence-electron chi connectivity index (χ0n) is 20.1. The van der Waals surface area contributed by atoms with Crippen molar-refractivity contribution >= 4 is 56.4 Å². The van der Waals surface area contributed by atoms with Crippen molar-refractivity contribution in [3.05, 3.63) is 54.2 Å². The number of hydrogen-bond acceptors (Lipinski definition) is 3.